The van der Waals surface area contributed by atoms with Gasteiger partial charge in [-0.3, -0.25) is 4.79 Å². The van der Waals surface area contributed by atoms with Crippen LogP contribution in [-0.4, -0.2) is 12.4 Å². The van der Waals surface area contributed by atoms with Crippen LogP contribution in [0.4, 0.5) is 0 Å². The van der Waals surface area contributed by atoms with Crippen molar-refractivity contribution in [2.45, 2.75) is 27.2 Å². The third-order valence-corrected chi connectivity index (χ3v) is 1.90. The van der Waals surface area contributed by atoms with E-state index >= 15 is 0 Å². The number of hydrogen-bond donors (Lipinski definition) is 0. The van der Waals surface area contributed by atoms with Gasteiger partial charge in [0.15, 0.2) is 5.78 Å². The smallest absolute Gasteiger partial charge is 0.165 e. The van der Waals surface area contributed by atoms with Crippen LogP contribution in [0.15, 0.2) is 11.3 Å². The molecule has 1 aliphatic rings. The van der Waals surface area contributed by atoms with Crippen molar-refractivity contribution in [3.8, 4) is 12.8 Å². The lowest BCUT2D eigenvalue weighted by Gasteiger charge is -2.20. The summed E-state index contributed by atoms with van der Waals surface area (Å²) in [6.45, 7) is 6.48. The second kappa shape index (κ2) is 5.42. The molecule has 0 fully saturated rings. The second-order valence-electron chi connectivity index (χ2n) is 3.17. The lowest BCUT2D eigenvalue weighted by atomic mass is 10.0. The van der Waals surface area contributed by atoms with Gasteiger partial charge in [-0.1, -0.05) is 13.8 Å². The molecule has 0 saturated heterocycles. The highest BCUT2D eigenvalue weighted by Gasteiger charge is 2.19. The Labute approximate surface area is 80.0 Å². The van der Waals surface area contributed by atoms with Crippen molar-refractivity contribution in [2.24, 2.45) is 5.92 Å². The Morgan fingerprint density at radius 1 is 1.38 bits per heavy atom. The Morgan fingerprint density at radius 2 is 1.92 bits per heavy atom. The zero-order valence-electron chi connectivity index (χ0n) is 8.46. The number of hydrogen-bond acceptors (Lipinski definition) is 2. The number of Topliss-reactive ketones (excluding diaryl/α,β-unsaturated/α-hetero) is 1. The van der Waals surface area contributed by atoms with E-state index in [1.165, 1.54) is 0 Å². The molecular formula is C11H16O2. The van der Waals surface area contributed by atoms with E-state index in [0.29, 0.717) is 18.9 Å². The number of rotatable bonds is 1. The minimum Gasteiger partial charge on any atom is -0.497 e. The standard InChI is InChI=1S/C9H14O2.C2H2/c1-6(2)9-7(3)8(10)4-5-11-9;1-2/h6H,4-5H2,1-3H3;1-2H. The maximum absolute atomic E-state index is 11.2. The van der Waals surface area contributed by atoms with Crippen LogP contribution in [0.5, 0.6) is 0 Å². The molecule has 1 rings (SSSR count). The largest absolute Gasteiger partial charge is 0.497 e. The summed E-state index contributed by atoms with van der Waals surface area (Å²) >= 11 is 0. The summed E-state index contributed by atoms with van der Waals surface area (Å²) in [5, 5.41) is 0. The van der Waals surface area contributed by atoms with Crippen LogP contribution < -0.4 is 0 Å². The molecule has 0 aromatic carbocycles. The van der Waals surface area contributed by atoms with E-state index in [2.05, 4.69) is 12.8 Å². The van der Waals surface area contributed by atoms with Gasteiger partial charge in [-0.05, 0) is 6.92 Å². The summed E-state index contributed by atoms with van der Waals surface area (Å²) in [5.74, 6) is 1.44. The van der Waals surface area contributed by atoms with Gasteiger partial charge < -0.3 is 4.74 Å². The fourth-order valence-electron chi connectivity index (χ4n) is 1.29. The first-order chi connectivity index (χ1) is 6.13. The summed E-state index contributed by atoms with van der Waals surface area (Å²) in [4.78, 5) is 11.2. The molecule has 0 saturated carbocycles. The SMILES string of the molecule is C#C.CC1=C(C(C)C)OCCC1=O. The number of ether oxygens (including phenoxy) is 1. The van der Waals surface area contributed by atoms with E-state index in [-0.39, 0.29) is 5.78 Å². The Bertz CT molecular complexity index is 234. The van der Waals surface area contributed by atoms with Crippen molar-refractivity contribution in [1.82, 2.24) is 0 Å². The van der Waals surface area contributed by atoms with Crippen LogP contribution in [0.1, 0.15) is 27.2 Å². The van der Waals surface area contributed by atoms with Gasteiger partial charge in [0.25, 0.3) is 0 Å². The molecular weight excluding hydrogens is 164 g/mol. The van der Waals surface area contributed by atoms with Crippen molar-refractivity contribution in [2.75, 3.05) is 6.61 Å². The van der Waals surface area contributed by atoms with Crippen molar-refractivity contribution in [3.63, 3.8) is 0 Å². The van der Waals surface area contributed by atoms with Crippen LogP contribution in [-0.2, 0) is 9.53 Å². The van der Waals surface area contributed by atoms with E-state index < -0.39 is 0 Å². The maximum Gasteiger partial charge on any atom is 0.165 e. The van der Waals surface area contributed by atoms with Crippen molar-refractivity contribution >= 4 is 5.78 Å². The second-order valence-corrected chi connectivity index (χ2v) is 3.17. The molecule has 2 nitrogen and oxygen atoms in total. The number of terminal acetylenes is 1. The molecule has 0 spiro atoms. The normalized spacial score (nSPS) is 16.3. The molecule has 1 aliphatic heterocycles. The molecule has 13 heavy (non-hydrogen) atoms. The molecule has 0 unspecified atom stereocenters. The van der Waals surface area contributed by atoms with Crippen molar-refractivity contribution in [1.29, 1.82) is 0 Å². The molecule has 0 amide bonds. The van der Waals surface area contributed by atoms with Gasteiger partial charge in [0, 0.05) is 17.9 Å². The highest BCUT2D eigenvalue weighted by Crippen LogP contribution is 2.21. The van der Waals surface area contributed by atoms with E-state index in [9.17, 15) is 4.79 Å². The molecule has 0 aromatic heterocycles. The van der Waals surface area contributed by atoms with Gasteiger partial charge in [0.2, 0.25) is 0 Å². The molecule has 0 bridgehead atoms. The van der Waals surface area contributed by atoms with E-state index in [4.69, 9.17) is 4.74 Å². The minimum atomic E-state index is 0.236. The molecule has 0 aromatic rings. The fourth-order valence-corrected chi connectivity index (χ4v) is 1.29. The zero-order chi connectivity index (χ0) is 10.4. The molecule has 0 N–H and O–H groups in total. The van der Waals surface area contributed by atoms with Crippen molar-refractivity contribution < 1.29 is 9.53 Å². The fraction of sp³-hybridized carbons (Fsp3) is 0.545. The van der Waals surface area contributed by atoms with E-state index in [1.807, 2.05) is 20.8 Å². The van der Waals surface area contributed by atoms with E-state index in [0.717, 1.165) is 11.3 Å². The molecule has 72 valence electrons. The predicted octanol–water partition coefficient (Wildman–Crippen LogP) is 2.16. The van der Waals surface area contributed by atoms with Gasteiger partial charge in [-0.25, -0.2) is 0 Å². The Hall–Kier alpha value is -1.23. The summed E-state index contributed by atoms with van der Waals surface area (Å²) in [6, 6.07) is 0. The van der Waals surface area contributed by atoms with Crippen molar-refractivity contribution in [3.05, 3.63) is 11.3 Å². The third kappa shape index (κ3) is 2.95. The first-order valence-electron chi connectivity index (χ1n) is 4.33. The monoisotopic (exact) mass is 180 g/mol. The summed E-state index contributed by atoms with van der Waals surface area (Å²) < 4.78 is 5.38. The number of carbonyl (C=O) groups is 1. The lowest BCUT2D eigenvalue weighted by molar-refractivity contribution is -0.117. The Morgan fingerprint density at radius 3 is 2.31 bits per heavy atom. The molecule has 0 radical (unpaired) electrons. The lowest BCUT2D eigenvalue weighted by Crippen LogP contribution is -2.17. The minimum absolute atomic E-state index is 0.236. The Balaban J connectivity index is 0.000000671. The summed E-state index contributed by atoms with van der Waals surface area (Å²) in [7, 11) is 0. The summed E-state index contributed by atoms with van der Waals surface area (Å²) in [6.07, 6.45) is 8.54. The van der Waals surface area contributed by atoms with Crippen LogP contribution >= 0.6 is 0 Å². The van der Waals surface area contributed by atoms with Gasteiger partial charge >= 0.3 is 0 Å². The van der Waals surface area contributed by atoms with Crippen LogP contribution in [0.3, 0.4) is 0 Å². The summed E-state index contributed by atoms with van der Waals surface area (Å²) in [5.41, 5.74) is 0.811. The zero-order valence-corrected chi connectivity index (χ0v) is 8.46. The third-order valence-electron chi connectivity index (χ3n) is 1.90. The van der Waals surface area contributed by atoms with Gasteiger partial charge in [0.1, 0.15) is 5.76 Å². The first-order valence-corrected chi connectivity index (χ1v) is 4.33. The van der Waals surface area contributed by atoms with Crippen LogP contribution in [0.25, 0.3) is 0 Å². The highest BCUT2D eigenvalue weighted by atomic mass is 16.5. The molecule has 1 heterocycles. The average Bonchev–Trinajstić information content (AvgIpc) is 2.13. The highest BCUT2D eigenvalue weighted by molar-refractivity contribution is 5.95. The van der Waals surface area contributed by atoms with Crippen LogP contribution in [0, 0.1) is 18.8 Å². The molecule has 0 aliphatic carbocycles. The number of ketones is 1. The average molecular weight is 180 g/mol. The predicted molar refractivity (Wildman–Crippen MR) is 53.0 cm³/mol. The topological polar surface area (TPSA) is 26.3 Å². The quantitative estimate of drug-likeness (QED) is 0.578. The Kier molecular flexibility index (Phi) is 4.91. The van der Waals surface area contributed by atoms with Gasteiger partial charge in [-0.2, -0.15) is 0 Å². The van der Waals surface area contributed by atoms with Crippen LogP contribution in [0.2, 0.25) is 0 Å². The molecule has 0 atom stereocenters. The first kappa shape index (κ1) is 11.8. The number of carbonyl (C=O) groups excluding carboxylic acids is 1. The van der Waals surface area contributed by atoms with Gasteiger partial charge in [-0.15, -0.1) is 12.8 Å². The maximum atomic E-state index is 11.2. The van der Waals surface area contributed by atoms with E-state index in [1.54, 1.807) is 0 Å². The molecule has 2 heteroatoms. The van der Waals surface area contributed by atoms with Gasteiger partial charge in [0.05, 0.1) is 6.61 Å². The number of allylic oxidation sites excluding steroid dienone is 2.